The molecule has 1 saturated carbocycles. The molecule has 0 atom stereocenters. The second-order valence-corrected chi connectivity index (χ2v) is 6.54. The van der Waals surface area contributed by atoms with Gasteiger partial charge in [0.2, 0.25) is 5.91 Å². The summed E-state index contributed by atoms with van der Waals surface area (Å²) in [6.07, 6.45) is 10.4. The second-order valence-electron chi connectivity index (χ2n) is 6.54. The standard InChI is InChI=1S/C19H26N4O/c1-2-22-14-18(12-21-22)23(17-9-4-3-5-10-17)13-15-7-6-8-16(11-15)19(20)24/h6-8,11-12,14,17H,2-5,9-10,13H2,1H3,(H2,20,24). The first-order valence-corrected chi connectivity index (χ1v) is 8.85. The van der Waals surface area contributed by atoms with Crippen LogP contribution in [0.3, 0.4) is 0 Å². The van der Waals surface area contributed by atoms with Crippen LogP contribution in [-0.4, -0.2) is 21.7 Å². The minimum absolute atomic E-state index is 0.375. The molecule has 0 spiro atoms. The quantitative estimate of drug-likeness (QED) is 0.885. The smallest absolute Gasteiger partial charge is 0.248 e. The van der Waals surface area contributed by atoms with E-state index >= 15 is 0 Å². The average molecular weight is 326 g/mol. The molecule has 1 fully saturated rings. The van der Waals surface area contributed by atoms with Crippen LogP contribution in [0.15, 0.2) is 36.7 Å². The summed E-state index contributed by atoms with van der Waals surface area (Å²) < 4.78 is 1.96. The van der Waals surface area contributed by atoms with Gasteiger partial charge in [-0.05, 0) is 37.5 Å². The summed E-state index contributed by atoms with van der Waals surface area (Å²) in [5.41, 5.74) is 8.27. The Bertz CT molecular complexity index is 688. The molecule has 2 aromatic rings. The number of anilines is 1. The average Bonchev–Trinajstić information content (AvgIpc) is 3.09. The van der Waals surface area contributed by atoms with E-state index in [1.54, 1.807) is 6.07 Å². The van der Waals surface area contributed by atoms with Gasteiger partial charge >= 0.3 is 0 Å². The lowest BCUT2D eigenvalue weighted by Gasteiger charge is -2.35. The van der Waals surface area contributed by atoms with Crippen molar-refractivity contribution in [3.05, 3.63) is 47.8 Å². The number of hydrogen-bond donors (Lipinski definition) is 1. The molecule has 24 heavy (non-hydrogen) atoms. The molecule has 2 N–H and O–H groups in total. The van der Waals surface area contributed by atoms with Crippen LogP contribution in [0.4, 0.5) is 5.69 Å². The van der Waals surface area contributed by atoms with E-state index < -0.39 is 0 Å². The predicted molar refractivity (Wildman–Crippen MR) is 95.9 cm³/mol. The minimum Gasteiger partial charge on any atom is -0.366 e. The van der Waals surface area contributed by atoms with Crippen molar-refractivity contribution in [1.29, 1.82) is 0 Å². The van der Waals surface area contributed by atoms with E-state index in [-0.39, 0.29) is 5.91 Å². The predicted octanol–water partition coefficient (Wildman–Crippen LogP) is 3.34. The molecule has 1 aliphatic rings. The third-order valence-corrected chi connectivity index (χ3v) is 4.86. The molecule has 0 bridgehead atoms. The van der Waals surface area contributed by atoms with Gasteiger partial charge < -0.3 is 10.6 Å². The highest BCUT2D eigenvalue weighted by atomic mass is 16.1. The summed E-state index contributed by atoms with van der Waals surface area (Å²) >= 11 is 0. The van der Waals surface area contributed by atoms with Crippen LogP contribution in [0.1, 0.15) is 54.9 Å². The molecule has 1 amide bonds. The Morgan fingerprint density at radius 3 is 2.79 bits per heavy atom. The maximum Gasteiger partial charge on any atom is 0.248 e. The van der Waals surface area contributed by atoms with E-state index in [1.165, 1.54) is 32.1 Å². The number of aryl methyl sites for hydroxylation is 1. The van der Waals surface area contributed by atoms with Gasteiger partial charge in [-0.1, -0.05) is 31.4 Å². The number of amides is 1. The van der Waals surface area contributed by atoms with E-state index in [4.69, 9.17) is 5.73 Å². The summed E-state index contributed by atoms with van der Waals surface area (Å²) in [5, 5.41) is 4.44. The Morgan fingerprint density at radius 1 is 1.33 bits per heavy atom. The van der Waals surface area contributed by atoms with Crippen LogP contribution in [0, 0.1) is 0 Å². The molecule has 5 nitrogen and oxygen atoms in total. The molecule has 0 radical (unpaired) electrons. The van der Waals surface area contributed by atoms with E-state index in [0.717, 1.165) is 24.3 Å². The molecule has 5 heteroatoms. The molecular formula is C19H26N4O. The van der Waals surface area contributed by atoms with Crippen molar-refractivity contribution in [3.63, 3.8) is 0 Å². The van der Waals surface area contributed by atoms with E-state index in [0.29, 0.717) is 11.6 Å². The molecule has 1 aromatic carbocycles. The summed E-state index contributed by atoms with van der Waals surface area (Å²) in [5.74, 6) is -0.375. The van der Waals surface area contributed by atoms with Crippen LogP contribution in [0.5, 0.6) is 0 Å². The number of nitrogens with zero attached hydrogens (tertiary/aromatic N) is 3. The van der Waals surface area contributed by atoms with Crippen LogP contribution in [0.25, 0.3) is 0 Å². The van der Waals surface area contributed by atoms with Gasteiger partial charge in [0.15, 0.2) is 0 Å². The zero-order valence-electron chi connectivity index (χ0n) is 14.3. The summed E-state index contributed by atoms with van der Waals surface area (Å²) in [6, 6.07) is 8.18. The van der Waals surface area contributed by atoms with E-state index in [9.17, 15) is 4.79 Å². The Hall–Kier alpha value is -2.30. The van der Waals surface area contributed by atoms with Gasteiger partial charge in [0.1, 0.15) is 0 Å². The SMILES string of the molecule is CCn1cc(N(Cc2cccc(C(N)=O)c2)C2CCCCC2)cn1. The van der Waals surface area contributed by atoms with Crippen molar-refractivity contribution in [2.24, 2.45) is 5.73 Å². The molecule has 0 unspecified atom stereocenters. The third kappa shape index (κ3) is 3.78. The van der Waals surface area contributed by atoms with Gasteiger partial charge in [0, 0.05) is 30.9 Å². The Labute approximate surface area is 143 Å². The van der Waals surface area contributed by atoms with Gasteiger partial charge in [0.25, 0.3) is 0 Å². The highest BCUT2D eigenvalue weighted by molar-refractivity contribution is 5.92. The number of benzene rings is 1. The van der Waals surface area contributed by atoms with Crippen molar-refractivity contribution in [1.82, 2.24) is 9.78 Å². The zero-order chi connectivity index (χ0) is 16.9. The summed E-state index contributed by atoms with van der Waals surface area (Å²) in [6.45, 7) is 3.74. The fourth-order valence-electron chi connectivity index (χ4n) is 3.52. The van der Waals surface area contributed by atoms with Gasteiger partial charge in [0.05, 0.1) is 11.9 Å². The molecule has 1 aromatic heterocycles. The Kier molecular flexibility index (Phi) is 5.18. The van der Waals surface area contributed by atoms with Gasteiger partial charge in [-0.15, -0.1) is 0 Å². The summed E-state index contributed by atoms with van der Waals surface area (Å²) in [4.78, 5) is 13.9. The lowest BCUT2D eigenvalue weighted by Crippen LogP contribution is -2.36. The minimum atomic E-state index is -0.375. The molecule has 0 aliphatic heterocycles. The number of aromatic nitrogens is 2. The van der Waals surface area contributed by atoms with Gasteiger partial charge in [-0.2, -0.15) is 5.10 Å². The lowest BCUT2D eigenvalue weighted by atomic mass is 9.93. The Balaban J connectivity index is 1.86. The monoisotopic (exact) mass is 326 g/mol. The van der Waals surface area contributed by atoms with Crippen molar-refractivity contribution in [3.8, 4) is 0 Å². The Morgan fingerprint density at radius 2 is 2.12 bits per heavy atom. The maximum absolute atomic E-state index is 11.4. The summed E-state index contributed by atoms with van der Waals surface area (Å²) in [7, 11) is 0. The lowest BCUT2D eigenvalue weighted by molar-refractivity contribution is 0.1000. The number of carbonyl (C=O) groups excluding carboxylic acids is 1. The normalized spacial score (nSPS) is 15.4. The molecule has 1 aliphatic carbocycles. The molecule has 1 heterocycles. The van der Waals surface area contributed by atoms with Gasteiger partial charge in [-0.3, -0.25) is 9.48 Å². The van der Waals surface area contributed by atoms with E-state index in [1.807, 2.05) is 23.0 Å². The van der Waals surface area contributed by atoms with E-state index in [2.05, 4.69) is 29.2 Å². The number of nitrogens with two attached hydrogens (primary N) is 1. The van der Waals surface area contributed by atoms with Crippen molar-refractivity contribution >= 4 is 11.6 Å². The molecule has 0 saturated heterocycles. The fourth-order valence-corrected chi connectivity index (χ4v) is 3.52. The second kappa shape index (κ2) is 7.51. The first kappa shape index (κ1) is 16.6. The number of rotatable bonds is 6. The number of hydrogen-bond acceptors (Lipinski definition) is 3. The van der Waals surface area contributed by atoms with Crippen molar-refractivity contribution < 1.29 is 4.79 Å². The first-order chi connectivity index (χ1) is 11.7. The largest absolute Gasteiger partial charge is 0.366 e. The van der Waals surface area contributed by atoms with Gasteiger partial charge in [-0.25, -0.2) is 0 Å². The third-order valence-electron chi connectivity index (χ3n) is 4.86. The molecule has 3 rings (SSSR count). The van der Waals surface area contributed by atoms with Crippen molar-refractivity contribution in [2.75, 3.05) is 4.90 Å². The number of primary amides is 1. The van der Waals surface area contributed by atoms with Crippen LogP contribution in [0.2, 0.25) is 0 Å². The maximum atomic E-state index is 11.4. The fraction of sp³-hybridized carbons (Fsp3) is 0.474. The zero-order valence-corrected chi connectivity index (χ0v) is 14.3. The van der Waals surface area contributed by atoms with Crippen LogP contribution in [-0.2, 0) is 13.1 Å². The van der Waals surface area contributed by atoms with Crippen molar-refractivity contribution in [2.45, 2.75) is 58.2 Å². The van der Waals surface area contributed by atoms with Crippen LogP contribution >= 0.6 is 0 Å². The number of carbonyl (C=O) groups is 1. The molecule has 128 valence electrons. The molecular weight excluding hydrogens is 300 g/mol. The van der Waals surface area contributed by atoms with Crippen LogP contribution < -0.4 is 10.6 Å². The highest BCUT2D eigenvalue weighted by Crippen LogP contribution is 2.29. The highest BCUT2D eigenvalue weighted by Gasteiger charge is 2.23. The first-order valence-electron chi connectivity index (χ1n) is 8.85. The topological polar surface area (TPSA) is 64.2 Å².